The second-order valence-electron chi connectivity index (χ2n) is 11.0. The lowest BCUT2D eigenvalue weighted by atomic mass is 9.33. The van der Waals surface area contributed by atoms with Gasteiger partial charge in [0.1, 0.15) is 11.7 Å². The highest BCUT2D eigenvalue weighted by Crippen LogP contribution is 2.77. The molecule has 2 spiro atoms. The van der Waals surface area contributed by atoms with Crippen LogP contribution in [0.15, 0.2) is 12.1 Å². The number of rotatable bonds is 4. The second-order valence-corrected chi connectivity index (χ2v) is 11.0. The Kier molecular flexibility index (Phi) is 3.70. The molecule has 7 rings (SSSR count). The maximum absolute atomic E-state index is 11.7. The Labute approximate surface area is 179 Å². The van der Waals surface area contributed by atoms with Gasteiger partial charge in [-0.15, -0.1) is 0 Å². The van der Waals surface area contributed by atoms with E-state index >= 15 is 0 Å². The normalized spacial score (nSPS) is 45.0. The van der Waals surface area contributed by atoms with E-state index < -0.39 is 11.2 Å². The highest BCUT2D eigenvalue weighted by molar-refractivity contribution is 5.63. The summed E-state index contributed by atoms with van der Waals surface area (Å²) in [4.78, 5) is 2.56. The van der Waals surface area contributed by atoms with Crippen molar-refractivity contribution in [3.8, 4) is 11.5 Å². The van der Waals surface area contributed by atoms with Crippen LogP contribution in [-0.2, 0) is 16.6 Å². The first-order valence-corrected chi connectivity index (χ1v) is 11.8. The van der Waals surface area contributed by atoms with Crippen LogP contribution in [0.25, 0.3) is 0 Å². The smallest absolute Gasteiger partial charge is 0.165 e. The average molecular weight is 414 g/mol. The van der Waals surface area contributed by atoms with Crippen LogP contribution in [0.1, 0.15) is 63.5 Å². The zero-order valence-corrected chi connectivity index (χ0v) is 18.7. The summed E-state index contributed by atoms with van der Waals surface area (Å²) in [6.07, 6.45) is 6.57. The average Bonchev–Trinajstić information content (AvgIpc) is 3.09. The molecule has 4 fully saturated rings. The molecule has 1 aromatic carbocycles. The van der Waals surface area contributed by atoms with E-state index in [1.165, 1.54) is 11.1 Å². The number of likely N-dealkylation sites (tertiary alicyclic amines) is 1. The highest BCUT2D eigenvalue weighted by Gasteiger charge is 2.81. The van der Waals surface area contributed by atoms with Gasteiger partial charge >= 0.3 is 0 Å². The van der Waals surface area contributed by atoms with E-state index in [9.17, 15) is 10.2 Å². The lowest BCUT2D eigenvalue weighted by molar-refractivity contribution is -0.301. The van der Waals surface area contributed by atoms with Crippen LogP contribution in [0.4, 0.5) is 0 Å². The maximum atomic E-state index is 11.7. The van der Waals surface area contributed by atoms with E-state index in [2.05, 4.69) is 24.9 Å². The first kappa shape index (κ1) is 19.4. The van der Waals surface area contributed by atoms with E-state index in [0.717, 1.165) is 51.5 Å². The first-order valence-electron chi connectivity index (χ1n) is 11.8. The molecule has 0 radical (unpaired) electrons. The van der Waals surface area contributed by atoms with Crippen molar-refractivity contribution in [1.29, 1.82) is 0 Å². The van der Waals surface area contributed by atoms with Gasteiger partial charge in [0, 0.05) is 35.5 Å². The number of methoxy groups -OCH3 is 1. The lowest BCUT2D eigenvalue weighted by Crippen LogP contribution is -2.82. The Morgan fingerprint density at radius 3 is 2.83 bits per heavy atom. The fraction of sp³-hybridized carbons (Fsp3) is 0.760. The molecule has 1 saturated heterocycles. The monoisotopic (exact) mass is 413 g/mol. The van der Waals surface area contributed by atoms with E-state index in [4.69, 9.17) is 9.47 Å². The number of hydrogen-bond acceptors (Lipinski definition) is 5. The standard InChI is InChI=1S/C25H35NO4/c1-5-8-22(2,28)17-14-23-9-10-25(17,29-4)21-24(23)11-12-26(3)18(23)13-15-6-7-16(27)20(30-21)19(15)24/h6-7,17-18,21,27-28H,5,8-14H2,1-4H3/t17?,18-,21-,22+,23-,24+,25-/m1/s1. The Bertz CT molecular complexity index is 915. The largest absolute Gasteiger partial charge is 0.504 e. The van der Waals surface area contributed by atoms with Crippen LogP contribution in [0.2, 0.25) is 0 Å². The van der Waals surface area contributed by atoms with Crippen molar-refractivity contribution in [3.05, 3.63) is 23.3 Å². The van der Waals surface area contributed by atoms with Crippen LogP contribution in [-0.4, -0.2) is 59.2 Å². The minimum absolute atomic E-state index is 0.0221. The summed E-state index contributed by atoms with van der Waals surface area (Å²) >= 11 is 0. The molecule has 1 aromatic rings. The van der Waals surface area contributed by atoms with Crippen molar-refractivity contribution in [2.24, 2.45) is 11.3 Å². The zero-order chi connectivity index (χ0) is 21.1. The molecule has 4 aliphatic carbocycles. The summed E-state index contributed by atoms with van der Waals surface area (Å²) in [5, 5.41) is 22.5. The molecule has 0 amide bonds. The van der Waals surface area contributed by atoms with Gasteiger partial charge in [0.25, 0.3) is 0 Å². The molecule has 6 aliphatic rings. The third kappa shape index (κ3) is 1.85. The third-order valence-electron chi connectivity index (χ3n) is 10.1. The zero-order valence-electron chi connectivity index (χ0n) is 18.7. The summed E-state index contributed by atoms with van der Waals surface area (Å²) in [6, 6.07) is 4.37. The van der Waals surface area contributed by atoms with Crippen LogP contribution in [0.3, 0.4) is 0 Å². The molecular weight excluding hydrogens is 378 g/mol. The van der Waals surface area contributed by atoms with Gasteiger partial charge in [-0.25, -0.2) is 0 Å². The van der Waals surface area contributed by atoms with Crippen molar-refractivity contribution in [2.45, 2.75) is 87.6 Å². The Morgan fingerprint density at radius 1 is 1.30 bits per heavy atom. The third-order valence-corrected chi connectivity index (χ3v) is 10.1. The maximum Gasteiger partial charge on any atom is 0.165 e. The van der Waals surface area contributed by atoms with Gasteiger partial charge in [0.15, 0.2) is 11.5 Å². The summed E-state index contributed by atoms with van der Waals surface area (Å²) in [6.45, 7) is 5.19. The van der Waals surface area contributed by atoms with Crippen molar-refractivity contribution < 1.29 is 19.7 Å². The number of aromatic hydroxyl groups is 1. The molecule has 4 bridgehead atoms. The Morgan fingerprint density at radius 2 is 2.10 bits per heavy atom. The number of aliphatic hydroxyl groups is 1. The van der Waals surface area contributed by atoms with Gasteiger partial charge < -0.3 is 24.6 Å². The minimum atomic E-state index is -0.798. The van der Waals surface area contributed by atoms with Crippen molar-refractivity contribution in [3.63, 3.8) is 0 Å². The quantitative estimate of drug-likeness (QED) is 0.792. The molecule has 5 nitrogen and oxygen atoms in total. The fourth-order valence-corrected chi connectivity index (χ4v) is 9.09. The topological polar surface area (TPSA) is 62.2 Å². The van der Waals surface area contributed by atoms with E-state index in [-0.39, 0.29) is 28.6 Å². The highest BCUT2D eigenvalue weighted by atomic mass is 16.6. The van der Waals surface area contributed by atoms with Crippen molar-refractivity contribution in [1.82, 2.24) is 4.90 Å². The van der Waals surface area contributed by atoms with Crippen molar-refractivity contribution in [2.75, 3.05) is 20.7 Å². The molecular formula is C25H35NO4. The van der Waals surface area contributed by atoms with Gasteiger partial charge in [-0.1, -0.05) is 19.4 Å². The van der Waals surface area contributed by atoms with E-state index in [1.54, 1.807) is 0 Å². The molecule has 0 aromatic heterocycles. The van der Waals surface area contributed by atoms with Gasteiger partial charge in [-0.2, -0.15) is 0 Å². The number of phenols is 1. The summed E-state index contributed by atoms with van der Waals surface area (Å²) in [7, 11) is 4.09. The predicted octanol–water partition coefficient (Wildman–Crippen LogP) is 3.39. The van der Waals surface area contributed by atoms with Crippen LogP contribution < -0.4 is 4.74 Å². The number of ether oxygens (including phenoxy) is 2. The van der Waals surface area contributed by atoms with Gasteiger partial charge in [0.2, 0.25) is 0 Å². The number of fused-ring (bicyclic) bond motifs is 2. The number of benzene rings is 1. The lowest BCUT2D eigenvalue weighted by Gasteiger charge is -2.74. The SMILES string of the molecule is CCC[C@](C)(O)C1C[C@@]23CC[C@]1(OC)[C@@H]1Oc4c(O)ccc5c4[C@@]12CCN(C)[C@@H]3C5. The van der Waals surface area contributed by atoms with Gasteiger partial charge in [-0.3, -0.25) is 0 Å². The molecule has 3 saturated carbocycles. The minimum Gasteiger partial charge on any atom is -0.504 e. The number of phenolic OH excluding ortho intramolecular Hbond substituents is 1. The molecule has 1 unspecified atom stereocenters. The van der Waals surface area contributed by atoms with Crippen LogP contribution in [0.5, 0.6) is 11.5 Å². The summed E-state index contributed by atoms with van der Waals surface area (Å²) in [5.41, 5.74) is 1.21. The molecule has 5 heteroatoms. The van der Waals surface area contributed by atoms with Crippen LogP contribution >= 0.6 is 0 Å². The summed E-state index contributed by atoms with van der Waals surface area (Å²) < 4.78 is 13.2. The molecule has 2 heterocycles. The fourth-order valence-electron chi connectivity index (χ4n) is 9.09. The molecule has 2 N–H and O–H groups in total. The number of hydrogen-bond donors (Lipinski definition) is 2. The molecule has 30 heavy (non-hydrogen) atoms. The number of nitrogens with zero attached hydrogens (tertiary/aromatic N) is 1. The van der Waals surface area contributed by atoms with Crippen LogP contribution in [0, 0.1) is 11.3 Å². The Balaban J connectivity index is 1.64. The number of likely N-dealkylation sites (N-methyl/N-ethyl adjacent to an activating group) is 1. The number of piperidine rings is 1. The van der Waals surface area contributed by atoms with Gasteiger partial charge in [-0.05, 0) is 70.7 Å². The van der Waals surface area contributed by atoms with Crippen molar-refractivity contribution >= 4 is 0 Å². The van der Waals surface area contributed by atoms with E-state index in [0.29, 0.717) is 11.8 Å². The molecule has 7 atom stereocenters. The second kappa shape index (κ2) is 5.73. The van der Waals surface area contributed by atoms with Gasteiger partial charge in [0.05, 0.1) is 5.60 Å². The molecule has 164 valence electrons. The first-order chi connectivity index (χ1) is 14.3. The summed E-state index contributed by atoms with van der Waals surface area (Å²) in [5.74, 6) is 0.977. The Hall–Kier alpha value is -1.30. The molecule has 2 aliphatic heterocycles. The van der Waals surface area contributed by atoms with E-state index in [1.807, 2.05) is 20.1 Å². The predicted molar refractivity (Wildman–Crippen MR) is 114 cm³/mol.